The lowest BCUT2D eigenvalue weighted by Crippen LogP contribution is -2.21. The molecular weight excluding hydrogens is 454 g/mol. The van der Waals surface area contributed by atoms with Crippen LogP contribution in [0.1, 0.15) is 23.1 Å². The fourth-order valence-corrected chi connectivity index (χ4v) is 4.88. The average Bonchev–Trinajstić information content (AvgIpc) is 2.80. The van der Waals surface area contributed by atoms with Gasteiger partial charge in [-0.3, -0.25) is 14.3 Å². The van der Waals surface area contributed by atoms with E-state index in [1.807, 2.05) is 38.1 Å². The molecule has 3 aromatic rings. The number of para-hydroxylation sites is 1. The van der Waals surface area contributed by atoms with Crippen LogP contribution in [-0.2, 0) is 26.0 Å². The largest absolute Gasteiger partial charge is 0.484 e. The molecule has 0 radical (unpaired) electrons. The van der Waals surface area contributed by atoms with Gasteiger partial charge < -0.3 is 15.4 Å². The van der Waals surface area contributed by atoms with Crippen LogP contribution in [0.25, 0.3) is 0 Å². The van der Waals surface area contributed by atoms with Crippen molar-refractivity contribution in [1.29, 1.82) is 0 Å². The Kier molecular flexibility index (Phi) is 6.56. The van der Waals surface area contributed by atoms with E-state index in [9.17, 15) is 18.0 Å². The number of fused-ring (bicyclic) bond motifs is 1. The van der Waals surface area contributed by atoms with Crippen LogP contribution in [0.3, 0.4) is 0 Å². The fourth-order valence-electron chi connectivity index (χ4n) is 3.68. The van der Waals surface area contributed by atoms with E-state index >= 15 is 0 Å². The molecule has 0 saturated heterocycles. The molecule has 0 unspecified atom stereocenters. The van der Waals surface area contributed by atoms with Gasteiger partial charge in [0.05, 0.1) is 10.6 Å². The number of benzene rings is 3. The van der Waals surface area contributed by atoms with Crippen LogP contribution < -0.4 is 20.1 Å². The Balaban J connectivity index is 1.35. The Bertz CT molecular complexity index is 1330. The highest BCUT2D eigenvalue weighted by atomic mass is 32.2. The molecule has 1 heterocycles. The Labute approximate surface area is 198 Å². The van der Waals surface area contributed by atoms with Crippen molar-refractivity contribution < 1.29 is 22.7 Å². The van der Waals surface area contributed by atoms with E-state index in [4.69, 9.17) is 4.74 Å². The molecule has 0 aliphatic carbocycles. The van der Waals surface area contributed by atoms with Gasteiger partial charge in [0.25, 0.3) is 15.9 Å². The zero-order valence-electron chi connectivity index (χ0n) is 18.8. The average molecular weight is 480 g/mol. The maximum atomic E-state index is 12.8. The molecule has 34 heavy (non-hydrogen) atoms. The summed E-state index contributed by atoms with van der Waals surface area (Å²) < 4.78 is 33.8. The second kappa shape index (κ2) is 9.56. The number of rotatable bonds is 7. The van der Waals surface area contributed by atoms with Gasteiger partial charge >= 0.3 is 0 Å². The van der Waals surface area contributed by atoms with Crippen molar-refractivity contribution in [2.24, 2.45) is 0 Å². The number of hydrogen-bond donors (Lipinski definition) is 3. The van der Waals surface area contributed by atoms with Gasteiger partial charge in [0.1, 0.15) is 5.75 Å². The molecule has 3 N–H and O–H groups in total. The molecule has 0 spiro atoms. The summed E-state index contributed by atoms with van der Waals surface area (Å²) in [5.41, 5.74) is 4.39. The monoisotopic (exact) mass is 479 g/mol. The summed E-state index contributed by atoms with van der Waals surface area (Å²) in [6, 6.07) is 16.7. The molecular formula is C25H25N3O5S. The van der Waals surface area contributed by atoms with Gasteiger partial charge in [0.2, 0.25) is 5.91 Å². The molecule has 0 bridgehead atoms. The number of aryl methyl sites for hydroxylation is 3. The van der Waals surface area contributed by atoms with E-state index in [0.29, 0.717) is 30.0 Å². The van der Waals surface area contributed by atoms with Crippen LogP contribution in [0.5, 0.6) is 5.75 Å². The molecule has 8 nitrogen and oxygen atoms in total. The predicted molar refractivity (Wildman–Crippen MR) is 131 cm³/mol. The number of carbonyl (C=O) groups is 2. The molecule has 0 atom stereocenters. The highest BCUT2D eigenvalue weighted by Gasteiger charge is 2.17. The maximum Gasteiger partial charge on any atom is 0.262 e. The SMILES string of the molecule is Cc1cccc(C)c1NS(=O)(=O)c1ccc(NC(=O)COc2ccc3c(c2)CCC(=O)N3)cc1. The van der Waals surface area contributed by atoms with Gasteiger partial charge in [0.15, 0.2) is 6.61 Å². The van der Waals surface area contributed by atoms with Crippen molar-refractivity contribution in [3.8, 4) is 5.75 Å². The number of carbonyl (C=O) groups excluding carboxylic acids is 2. The van der Waals surface area contributed by atoms with Crippen LogP contribution in [-0.4, -0.2) is 26.8 Å². The van der Waals surface area contributed by atoms with E-state index in [2.05, 4.69) is 15.4 Å². The van der Waals surface area contributed by atoms with Gasteiger partial charge in [-0.05, 0) is 79.4 Å². The highest BCUT2D eigenvalue weighted by Crippen LogP contribution is 2.27. The summed E-state index contributed by atoms with van der Waals surface area (Å²) in [5.74, 6) is 0.139. The fraction of sp³-hybridized carbons (Fsp3) is 0.200. The third kappa shape index (κ3) is 5.37. The summed E-state index contributed by atoms with van der Waals surface area (Å²) in [4.78, 5) is 23.8. The van der Waals surface area contributed by atoms with Crippen molar-refractivity contribution in [3.63, 3.8) is 0 Å². The Morgan fingerprint density at radius 1 is 1.00 bits per heavy atom. The zero-order valence-corrected chi connectivity index (χ0v) is 19.7. The molecule has 3 aromatic carbocycles. The minimum atomic E-state index is -3.77. The first-order chi connectivity index (χ1) is 16.2. The van der Waals surface area contributed by atoms with E-state index in [0.717, 1.165) is 22.4 Å². The minimum Gasteiger partial charge on any atom is -0.484 e. The summed E-state index contributed by atoms with van der Waals surface area (Å²) in [6.07, 6.45) is 1.04. The first-order valence-corrected chi connectivity index (χ1v) is 12.2. The van der Waals surface area contributed by atoms with Crippen molar-refractivity contribution in [2.75, 3.05) is 22.0 Å². The van der Waals surface area contributed by atoms with Crippen LogP contribution in [0.15, 0.2) is 65.6 Å². The molecule has 1 aliphatic rings. The van der Waals surface area contributed by atoms with E-state index < -0.39 is 10.0 Å². The lowest BCUT2D eigenvalue weighted by Gasteiger charge is -2.17. The Morgan fingerprint density at radius 2 is 1.71 bits per heavy atom. The minimum absolute atomic E-state index is 0.0135. The van der Waals surface area contributed by atoms with Gasteiger partial charge in [-0.1, -0.05) is 18.2 Å². The number of ether oxygens (including phenoxy) is 1. The first kappa shape index (κ1) is 23.3. The predicted octanol–water partition coefficient (Wildman–Crippen LogP) is 4.01. The number of hydrogen-bond acceptors (Lipinski definition) is 5. The van der Waals surface area contributed by atoms with E-state index in [1.165, 1.54) is 24.3 Å². The second-order valence-electron chi connectivity index (χ2n) is 8.10. The molecule has 0 aromatic heterocycles. The summed E-state index contributed by atoms with van der Waals surface area (Å²) >= 11 is 0. The molecule has 1 aliphatic heterocycles. The molecule has 2 amide bonds. The molecule has 9 heteroatoms. The Hall–Kier alpha value is -3.85. The maximum absolute atomic E-state index is 12.8. The second-order valence-corrected chi connectivity index (χ2v) is 9.78. The lowest BCUT2D eigenvalue weighted by molar-refractivity contribution is -0.118. The molecule has 0 fully saturated rings. The standard InChI is InChI=1S/C25H25N3O5S/c1-16-4-3-5-17(2)25(16)28-34(31,32)21-10-7-19(8-11-21)26-24(30)15-33-20-9-12-22-18(14-20)6-13-23(29)27-22/h3-5,7-12,14,28H,6,13,15H2,1-2H3,(H,26,30)(H,27,29). The molecule has 0 saturated carbocycles. The van der Waals surface area contributed by atoms with Crippen molar-refractivity contribution in [3.05, 3.63) is 77.4 Å². The lowest BCUT2D eigenvalue weighted by atomic mass is 10.0. The molecule has 4 rings (SSSR count). The van der Waals surface area contributed by atoms with Gasteiger partial charge in [-0.25, -0.2) is 8.42 Å². The number of amides is 2. The topological polar surface area (TPSA) is 114 Å². The summed E-state index contributed by atoms with van der Waals surface area (Å²) in [7, 11) is -3.77. The molecule has 176 valence electrons. The van der Waals surface area contributed by atoms with Crippen molar-refractivity contribution in [2.45, 2.75) is 31.6 Å². The number of nitrogens with one attached hydrogen (secondary N) is 3. The highest BCUT2D eigenvalue weighted by molar-refractivity contribution is 7.92. The van der Waals surface area contributed by atoms with Crippen molar-refractivity contribution >= 4 is 38.9 Å². The van der Waals surface area contributed by atoms with Crippen LogP contribution >= 0.6 is 0 Å². The van der Waals surface area contributed by atoms with Crippen LogP contribution in [0.4, 0.5) is 17.1 Å². The van der Waals surface area contributed by atoms with Crippen LogP contribution in [0.2, 0.25) is 0 Å². The van der Waals surface area contributed by atoms with E-state index in [-0.39, 0.29) is 23.3 Å². The van der Waals surface area contributed by atoms with Gasteiger partial charge in [-0.2, -0.15) is 0 Å². The van der Waals surface area contributed by atoms with Gasteiger partial charge in [0, 0.05) is 17.8 Å². The van der Waals surface area contributed by atoms with Gasteiger partial charge in [-0.15, -0.1) is 0 Å². The third-order valence-electron chi connectivity index (χ3n) is 5.51. The van der Waals surface area contributed by atoms with Crippen LogP contribution in [0, 0.1) is 13.8 Å². The Morgan fingerprint density at radius 3 is 2.41 bits per heavy atom. The van der Waals surface area contributed by atoms with Crippen molar-refractivity contribution in [1.82, 2.24) is 0 Å². The quantitative estimate of drug-likeness (QED) is 0.474. The first-order valence-electron chi connectivity index (χ1n) is 10.8. The zero-order chi connectivity index (χ0) is 24.3. The van der Waals surface area contributed by atoms with E-state index in [1.54, 1.807) is 12.1 Å². The number of anilines is 3. The summed E-state index contributed by atoms with van der Waals surface area (Å²) in [5, 5.41) is 5.49. The number of sulfonamides is 1. The summed E-state index contributed by atoms with van der Waals surface area (Å²) in [6.45, 7) is 3.47. The normalized spacial score (nSPS) is 12.9. The third-order valence-corrected chi connectivity index (χ3v) is 6.87. The smallest absolute Gasteiger partial charge is 0.262 e.